The van der Waals surface area contributed by atoms with Crippen molar-refractivity contribution in [2.45, 2.75) is 20.0 Å². The van der Waals surface area contributed by atoms with Crippen LogP contribution in [0.3, 0.4) is 0 Å². The molecule has 3 heterocycles. The van der Waals surface area contributed by atoms with E-state index in [1.807, 2.05) is 17.7 Å². The van der Waals surface area contributed by atoms with Gasteiger partial charge in [0.05, 0.1) is 6.54 Å². The summed E-state index contributed by atoms with van der Waals surface area (Å²) in [5.41, 5.74) is 2.15. The summed E-state index contributed by atoms with van der Waals surface area (Å²) in [6.45, 7) is 3.16. The van der Waals surface area contributed by atoms with Gasteiger partial charge < -0.3 is 14.4 Å². The lowest BCUT2D eigenvalue weighted by molar-refractivity contribution is 0.386. The predicted octanol–water partition coefficient (Wildman–Crippen LogP) is 1.50. The molecule has 98 valence electrons. The summed E-state index contributed by atoms with van der Waals surface area (Å²) in [5, 5.41) is 8.24. The normalized spacial score (nSPS) is 11.3. The van der Waals surface area contributed by atoms with Gasteiger partial charge in [0.15, 0.2) is 5.82 Å². The summed E-state index contributed by atoms with van der Waals surface area (Å²) in [6.07, 6.45) is 3.88. The van der Waals surface area contributed by atoms with Crippen LogP contribution >= 0.6 is 0 Å². The second kappa shape index (κ2) is 4.81. The number of aromatic nitrogens is 4. The van der Waals surface area contributed by atoms with E-state index in [-0.39, 0.29) is 0 Å². The zero-order chi connectivity index (χ0) is 13.2. The number of nitrogens with zero attached hydrogens (tertiary/aromatic N) is 4. The maximum Gasteiger partial charge on any atom is 0.223 e. The highest BCUT2D eigenvalue weighted by Crippen LogP contribution is 2.19. The largest absolute Gasteiger partial charge is 0.340 e. The Kier molecular flexibility index (Phi) is 3.00. The van der Waals surface area contributed by atoms with Gasteiger partial charge in [0.25, 0.3) is 0 Å². The van der Waals surface area contributed by atoms with Crippen LogP contribution in [-0.2, 0) is 13.1 Å². The topological polar surface area (TPSA) is 68.8 Å². The van der Waals surface area contributed by atoms with Gasteiger partial charge in [-0.15, -0.1) is 0 Å². The number of rotatable bonds is 4. The number of hydrogen-bond donors (Lipinski definition) is 1. The maximum atomic E-state index is 5.00. The average molecular weight is 257 g/mol. The van der Waals surface area contributed by atoms with Crippen molar-refractivity contribution in [3.8, 4) is 0 Å². The summed E-state index contributed by atoms with van der Waals surface area (Å²) in [4.78, 5) is 8.66. The Hall–Kier alpha value is -2.21. The van der Waals surface area contributed by atoms with Gasteiger partial charge in [-0.2, -0.15) is 4.98 Å². The smallest absolute Gasteiger partial charge is 0.223 e. The van der Waals surface area contributed by atoms with Crippen molar-refractivity contribution >= 4 is 11.0 Å². The van der Waals surface area contributed by atoms with Crippen LogP contribution in [0.5, 0.6) is 0 Å². The molecule has 0 atom stereocenters. The minimum atomic E-state index is 0.564. The fourth-order valence-electron chi connectivity index (χ4n) is 2.21. The highest BCUT2D eigenvalue weighted by molar-refractivity contribution is 5.80. The third kappa shape index (κ3) is 2.22. The molecule has 0 saturated carbocycles. The zero-order valence-electron chi connectivity index (χ0n) is 10.9. The second-order valence-electron chi connectivity index (χ2n) is 4.42. The molecule has 1 N–H and O–H groups in total. The summed E-state index contributed by atoms with van der Waals surface area (Å²) in [5.74, 6) is 1.24. The number of fused-ring (bicyclic) bond motifs is 1. The Morgan fingerprint density at radius 2 is 2.32 bits per heavy atom. The van der Waals surface area contributed by atoms with Gasteiger partial charge in [0, 0.05) is 31.2 Å². The molecular weight excluding hydrogens is 242 g/mol. The van der Waals surface area contributed by atoms with E-state index < -0.39 is 0 Å². The molecule has 3 rings (SSSR count). The molecule has 0 aliphatic carbocycles. The van der Waals surface area contributed by atoms with E-state index in [0.717, 1.165) is 17.6 Å². The first-order chi connectivity index (χ1) is 9.28. The molecule has 6 heteroatoms. The van der Waals surface area contributed by atoms with Crippen molar-refractivity contribution in [2.24, 2.45) is 0 Å². The number of aryl methyl sites for hydroxylation is 1. The number of hydrogen-bond acceptors (Lipinski definition) is 5. The molecule has 0 aliphatic heterocycles. The molecule has 6 nitrogen and oxygen atoms in total. The highest BCUT2D eigenvalue weighted by Gasteiger charge is 2.11. The minimum absolute atomic E-state index is 0.564. The van der Waals surface area contributed by atoms with E-state index in [0.29, 0.717) is 18.3 Å². The van der Waals surface area contributed by atoms with Crippen molar-refractivity contribution < 1.29 is 4.52 Å². The second-order valence-corrected chi connectivity index (χ2v) is 4.42. The van der Waals surface area contributed by atoms with Crippen molar-refractivity contribution in [1.82, 2.24) is 25.0 Å². The Bertz CT molecular complexity index is 700. The molecule has 3 aromatic rings. The summed E-state index contributed by atoms with van der Waals surface area (Å²) < 4.78 is 7.04. The summed E-state index contributed by atoms with van der Waals surface area (Å²) >= 11 is 0. The average Bonchev–Trinajstić information content (AvgIpc) is 2.97. The predicted molar refractivity (Wildman–Crippen MR) is 70.6 cm³/mol. The molecule has 0 radical (unpaired) electrons. The number of nitrogens with one attached hydrogen (secondary N) is 1. The van der Waals surface area contributed by atoms with Gasteiger partial charge in [-0.1, -0.05) is 5.16 Å². The fourth-order valence-corrected chi connectivity index (χ4v) is 2.21. The fraction of sp³-hybridized carbons (Fsp3) is 0.308. The monoisotopic (exact) mass is 257 g/mol. The molecule has 0 spiro atoms. The summed E-state index contributed by atoms with van der Waals surface area (Å²) in [6, 6.07) is 4.03. The van der Waals surface area contributed by atoms with E-state index in [1.165, 1.54) is 5.56 Å². The third-order valence-electron chi connectivity index (χ3n) is 2.96. The van der Waals surface area contributed by atoms with E-state index in [1.54, 1.807) is 13.1 Å². The van der Waals surface area contributed by atoms with E-state index in [2.05, 4.69) is 32.7 Å². The molecule has 0 aromatic carbocycles. The van der Waals surface area contributed by atoms with E-state index >= 15 is 0 Å². The maximum absolute atomic E-state index is 5.00. The van der Waals surface area contributed by atoms with Crippen molar-refractivity contribution in [3.63, 3.8) is 0 Å². The molecule has 0 unspecified atom stereocenters. The van der Waals surface area contributed by atoms with Gasteiger partial charge in [-0.05, 0) is 24.7 Å². The third-order valence-corrected chi connectivity index (χ3v) is 2.96. The van der Waals surface area contributed by atoms with Gasteiger partial charge in [-0.3, -0.25) is 0 Å². The molecule has 0 bridgehead atoms. The minimum Gasteiger partial charge on any atom is -0.340 e. The standard InChI is InChI=1S/C13H15N5O/c1-9-16-12(17-19-9)8-18-7-10(6-14-2)11-4-3-5-15-13(11)18/h3-5,7,14H,6,8H2,1-2H3. The zero-order valence-corrected chi connectivity index (χ0v) is 10.9. The van der Waals surface area contributed by atoms with Crippen molar-refractivity contribution in [3.05, 3.63) is 41.8 Å². The van der Waals surface area contributed by atoms with Crippen LogP contribution in [0, 0.1) is 6.92 Å². The molecule has 3 aromatic heterocycles. The van der Waals surface area contributed by atoms with Crippen LogP contribution in [0.4, 0.5) is 0 Å². The van der Waals surface area contributed by atoms with Crippen LogP contribution in [0.25, 0.3) is 11.0 Å². The Balaban J connectivity index is 2.03. The van der Waals surface area contributed by atoms with Gasteiger partial charge in [0.2, 0.25) is 5.89 Å². The number of pyridine rings is 1. The lowest BCUT2D eigenvalue weighted by Gasteiger charge is -1.99. The van der Waals surface area contributed by atoms with Gasteiger partial charge >= 0.3 is 0 Å². The van der Waals surface area contributed by atoms with Crippen molar-refractivity contribution in [1.29, 1.82) is 0 Å². The highest BCUT2D eigenvalue weighted by atomic mass is 16.5. The van der Waals surface area contributed by atoms with Crippen LogP contribution in [-0.4, -0.2) is 26.7 Å². The van der Waals surface area contributed by atoms with Gasteiger partial charge in [0.1, 0.15) is 5.65 Å². The Morgan fingerprint density at radius 3 is 3.05 bits per heavy atom. The van der Waals surface area contributed by atoms with Gasteiger partial charge in [-0.25, -0.2) is 4.98 Å². The van der Waals surface area contributed by atoms with Crippen LogP contribution in [0.1, 0.15) is 17.3 Å². The van der Waals surface area contributed by atoms with Crippen molar-refractivity contribution in [2.75, 3.05) is 7.05 Å². The van der Waals surface area contributed by atoms with Crippen LogP contribution < -0.4 is 5.32 Å². The lowest BCUT2D eigenvalue weighted by atomic mass is 10.2. The Labute approximate surface area is 110 Å². The molecule has 0 fully saturated rings. The molecular formula is C13H15N5O. The quantitative estimate of drug-likeness (QED) is 0.767. The van der Waals surface area contributed by atoms with Crippen LogP contribution in [0.15, 0.2) is 29.0 Å². The van der Waals surface area contributed by atoms with E-state index in [9.17, 15) is 0 Å². The molecule has 19 heavy (non-hydrogen) atoms. The molecule has 0 saturated heterocycles. The lowest BCUT2D eigenvalue weighted by Crippen LogP contribution is -2.04. The Morgan fingerprint density at radius 1 is 1.42 bits per heavy atom. The van der Waals surface area contributed by atoms with E-state index in [4.69, 9.17) is 4.52 Å². The molecule has 0 amide bonds. The first kappa shape index (κ1) is 11.9. The SMILES string of the molecule is CNCc1cn(Cc2noc(C)n2)c2ncccc12. The summed E-state index contributed by atoms with van der Waals surface area (Å²) in [7, 11) is 1.93. The first-order valence-electron chi connectivity index (χ1n) is 6.14. The van der Waals surface area contributed by atoms with Crippen LogP contribution in [0.2, 0.25) is 0 Å². The molecule has 0 aliphatic rings. The first-order valence-corrected chi connectivity index (χ1v) is 6.14.